The number of amides is 1. The number of nitrogens with one attached hydrogen (secondary N) is 1. The van der Waals surface area contributed by atoms with E-state index in [0.29, 0.717) is 16.9 Å². The molecule has 4 aromatic rings. The molecule has 1 heterocycles. The van der Waals surface area contributed by atoms with E-state index in [1.165, 1.54) is 12.3 Å². The summed E-state index contributed by atoms with van der Waals surface area (Å²) in [6, 6.07) is 23.5. The summed E-state index contributed by atoms with van der Waals surface area (Å²) >= 11 is 3.38. The van der Waals surface area contributed by atoms with E-state index >= 15 is 0 Å². The maximum Gasteiger partial charge on any atom is 0.336 e. The van der Waals surface area contributed by atoms with Crippen molar-refractivity contribution in [2.75, 3.05) is 0 Å². The number of carbonyl (C=O) groups excluding carboxylic acids is 2. The smallest absolute Gasteiger partial charge is 0.336 e. The zero-order valence-electron chi connectivity index (χ0n) is 16.7. The van der Waals surface area contributed by atoms with Crippen LogP contribution in [-0.4, -0.2) is 18.1 Å². The first-order valence-corrected chi connectivity index (χ1v) is 10.4. The Balaban J connectivity index is 1.44. The lowest BCUT2D eigenvalue weighted by atomic mass is 10.2. The molecule has 0 aliphatic rings. The predicted molar refractivity (Wildman–Crippen MR) is 127 cm³/mol. The Bertz CT molecular complexity index is 1290. The zero-order chi connectivity index (χ0) is 22.3. The average molecular weight is 489 g/mol. The summed E-state index contributed by atoms with van der Waals surface area (Å²) in [4.78, 5) is 24.6. The molecule has 6 nitrogen and oxygen atoms in total. The Morgan fingerprint density at radius 3 is 2.56 bits per heavy atom. The molecule has 32 heavy (non-hydrogen) atoms. The van der Waals surface area contributed by atoms with Crippen molar-refractivity contribution in [1.29, 1.82) is 0 Å². The molecule has 7 heteroatoms. The Hall–Kier alpha value is -3.97. The highest BCUT2D eigenvalue weighted by Crippen LogP contribution is 2.22. The van der Waals surface area contributed by atoms with Crippen LogP contribution >= 0.6 is 15.9 Å². The highest BCUT2D eigenvalue weighted by molar-refractivity contribution is 9.10. The number of fused-ring (bicyclic) bond motifs is 1. The van der Waals surface area contributed by atoms with Crippen molar-refractivity contribution in [3.05, 3.63) is 106 Å². The number of halogens is 1. The molecule has 0 aliphatic carbocycles. The molecule has 0 spiro atoms. The van der Waals surface area contributed by atoms with E-state index in [1.54, 1.807) is 36.4 Å². The van der Waals surface area contributed by atoms with E-state index in [2.05, 4.69) is 26.5 Å². The summed E-state index contributed by atoms with van der Waals surface area (Å²) in [7, 11) is 0. The summed E-state index contributed by atoms with van der Waals surface area (Å²) in [5, 5.41) is 4.80. The Kier molecular flexibility index (Phi) is 6.57. The fourth-order valence-corrected chi connectivity index (χ4v) is 3.27. The first kappa shape index (κ1) is 21.3. The van der Waals surface area contributed by atoms with Crippen LogP contribution in [0.25, 0.3) is 17.0 Å². The monoisotopic (exact) mass is 488 g/mol. The summed E-state index contributed by atoms with van der Waals surface area (Å²) < 4.78 is 11.7. The van der Waals surface area contributed by atoms with Crippen LogP contribution in [0.5, 0.6) is 5.75 Å². The molecule has 0 fully saturated rings. The van der Waals surface area contributed by atoms with Gasteiger partial charge in [-0.05, 0) is 42.0 Å². The number of benzene rings is 3. The van der Waals surface area contributed by atoms with Gasteiger partial charge in [-0.3, -0.25) is 4.79 Å². The fraction of sp³-hybridized carbons (Fsp3) is 0. The van der Waals surface area contributed by atoms with Crippen LogP contribution in [0, 0.1) is 0 Å². The van der Waals surface area contributed by atoms with E-state index in [0.717, 1.165) is 15.4 Å². The third kappa shape index (κ3) is 5.39. The molecule has 158 valence electrons. The quantitative estimate of drug-likeness (QED) is 0.126. The van der Waals surface area contributed by atoms with Gasteiger partial charge in [0.15, 0.2) is 5.76 Å². The first-order chi connectivity index (χ1) is 15.6. The molecule has 3 aromatic carbocycles. The average Bonchev–Trinajstić information content (AvgIpc) is 3.24. The largest absolute Gasteiger partial charge is 0.451 e. The third-order valence-electron chi connectivity index (χ3n) is 4.41. The Morgan fingerprint density at radius 1 is 0.969 bits per heavy atom. The molecule has 1 aromatic heterocycles. The summed E-state index contributed by atoms with van der Waals surface area (Å²) in [5.41, 5.74) is 4.43. The number of rotatable bonds is 6. The van der Waals surface area contributed by atoms with Crippen molar-refractivity contribution in [2.24, 2.45) is 5.10 Å². The van der Waals surface area contributed by atoms with Crippen LogP contribution < -0.4 is 10.2 Å². The minimum atomic E-state index is -0.530. The van der Waals surface area contributed by atoms with Gasteiger partial charge >= 0.3 is 11.9 Å². The molecule has 0 saturated heterocycles. The van der Waals surface area contributed by atoms with Gasteiger partial charge in [0.25, 0.3) is 0 Å². The SMILES string of the molecule is O=C(C=Cc1ccccc1)Oc1ccc(Br)cc1C=NNC(=O)c1cc2ccccc2o1. The van der Waals surface area contributed by atoms with Crippen molar-refractivity contribution >= 4 is 51.1 Å². The van der Waals surface area contributed by atoms with Crippen LogP contribution in [0.3, 0.4) is 0 Å². The van der Waals surface area contributed by atoms with Crippen molar-refractivity contribution in [3.8, 4) is 5.75 Å². The van der Waals surface area contributed by atoms with E-state index in [-0.39, 0.29) is 5.76 Å². The number of para-hydroxylation sites is 1. The van der Waals surface area contributed by atoms with Crippen molar-refractivity contribution < 1.29 is 18.7 Å². The minimum absolute atomic E-state index is 0.148. The molecule has 0 aliphatic heterocycles. The van der Waals surface area contributed by atoms with Crippen LogP contribution in [-0.2, 0) is 4.79 Å². The Morgan fingerprint density at radius 2 is 1.75 bits per heavy atom. The molecular weight excluding hydrogens is 472 g/mol. The van der Waals surface area contributed by atoms with E-state index in [4.69, 9.17) is 9.15 Å². The highest BCUT2D eigenvalue weighted by atomic mass is 79.9. The number of furan rings is 1. The maximum atomic E-state index is 12.3. The second kappa shape index (κ2) is 9.89. The normalized spacial score (nSPS) is 11.3. The fourth-order valence-electron chi connectivity index (χ4n) is 2.89. The molecule has 1 N–H and O–H groups in total. The summed E-state index contributed by atoms with van der Waals surface area (Å²) in [6.07, 6.45) is 4.42. The van der Waals surface area contributed by atoms with E-state index < -0.39 is 11.9 Å². The first-order valence-electron chi connectivity index (χ1n) is 9.65. The standard InChI is InChI=1S/C25H17BrN2O4/c26-20-11-12-22(32-24(29)13-10-17-6-2-1-3-7-17)19(14-20)16-27-28-25(30)23-15-18-8-4-5-9-21(18)31-23/h1-16H,(H,28,30). The minimum Gasteiger partial charge on any atom is -0.451 e. The summed E-state index contributed by atoms with van der Waals surface area (Å²) in [6.45, 7) is 0. The van der Waals surface area contributed by atoms with Crippen molar-refractivity contribution in [2.45, 2.75) is 0 Å². The van der Waals surface area contributed by atoms with Gasteiger partial charge < -0.3 is 9.15 Å². The second-order valence-electron chi connectivity index (χ2n) is 6.69. The topological polar surface area (TPSA) is 80.9 Å². The number of carbonyl (C=O) groups is 2. The lowest BCUT2D eigenvalue weighted by Crippen LogP contribution is -2.17. The van der Waals surface area contributed by atoms with E-state index in [9.17, 15) is 9.59 Å². The van der Waals surface area contributed by atoms with Gasteiger partial charge in [-0.25, -0.2) is 10.2 Å². The molecule has 4 rings (SSSR count). The number of nitrogens with zero attached hydrogens (tertiary/aromatic N) is 1. The van der Waals surface area contributed by atoms with Gasteiger partial charge in [-0.1, -0.05) is 64.5 Å². The van der Waals surface area contributed by atoms with Crippen molar-refractivity contribution in [3.63, 3.8) is 0 Å². The van der Waals surface area contributed by atoms with Crippen LogP contribution in [0.1, 0.15) is 21.7 Å². The van der Waals surface area contributed by atoms with Crippen LogP contribution in [0.15, 0.2) is 98.9 Å². The number of hydrogen-bond donors (Lipinski definition) is 1. The molecule has 0 atom stereocenters. The lowest BCUT2D eigenvalue weighted by molar-refractivity contribution is -0.128. The second-order valence-corrected chi connectivity index (χ2v) is 7.61. The molecule has 1 amide bonds. The zero-order valence-corrected chi connectivity index (χ0v) is 18.3. The number of ether oxygens (including phenoxy) is 1. The predicted octanol–water partition coefficient (Wildman–Crippen LogP) is 5.58. The van der Waals surface area contributed by atoms with Gasteiger partial charge in [-0.2, -0.15) is 5.10 Å². The van der Waals surface area contributed by atoms with Gasteiger partial charge in [0.1, 0.15) is 11.3 Å². The highest BCUT2D eigenvalue weighted by Gasteiger charge is 2.11. The lowest BCUT2D eigenvalue weighted by Gasteiger charge is -2.06. The molecule has 0 saturated carbocycles. The number of hydrazone groups is 1. The molecular formula is C25H17BrN2O4. The Labute approximate surface area is 192 Å². The molecule has 0 radical (unpaired) electrons. The molecule has 0 unspecified atom stereocenters. The maximum absolute atomic E-state index is 12.3. The van der Waals surface area contributed by atoms with Gasteiger partial charge in [-0.15, -0.1) is 0 Å². The van der Waals surface area contributed by atoms with Crippen LogP contribution in [0.4, 0.5) is 0 Å². The van der Waals surface area contributed by atoms with Gasteiger partial charge in [0, 0.05) is 21.5 Å². The summed E-state index contributed by atoms with van der Waals surface area (Å²) in [5.74, 6) is -0.568. The number of hydrogen-bond acceptors (Lipinski definition) is 5. The van der Waals surface area contributed by atoms with Gasteiger partial charge in [0.05, 0.1) is 6.21 Å². The third-order valence-corrected chi connectivity index (χ3v) is 4.91. The van der Waals surface area contributed by atoms with Crippen LogP contribution in [0.2, 0.25) is 0 Å². The number of esters is 1. The van der Waals surface area contributed by atoms with Crippen molar-refractivity contribution in [1.82, 2.24) is 5.43 Å². The molecule has 0 bridgehead atoms. The van der Waals surface area contributed by atoms with Gasteiger partial charge in [0.2, 0.25) is 0 Å². The van der Waals surface area contributed by atoms with E-state index in [1.807, 2.05) is 48.5 Å².